The Morgan fingerprint density at radius 1 is 1.00 bits per heavy atom. The highest BCUT2D eigenvalue weighted by molar-refractivity contribution is 6.23. The normalized spacial score (nSPS) is 24.3. The number of carbonyl (C=O) groups excluding carboxylic acids is 4. The van der Waals surface area contributed by atoms with Crippen LogP contribution in [0.3, 0.4) is 0 Å². The Morgan fingerprint density at radius 3 is 2.12 bits per heavy atom. The summed E-state index contributed by atoms with van der Waals surface area (Å²) in [4.78, 5) is 55.5. The molecule has 7 heteroatoms. The summed E-state index contributed by atoms with van der Waals surface area (Å²) >= 11 is 0. The quantitative estimate of drug-likeness (QED) is 0.458. The van der Waals surface area contributed by atoms with Gasteiger partial charge in [-0.1, -0.05) is 47.0 Å². The van der Waals surface area contributed by atoms with Crippen LogP contribution in [-0.4, -0.2) is 47.3 Å². The van der Waals surface area contributed by atoms with Gasteiger partial charge in [0.05, 0.1) is 24.3 Å². The molecule has 3 amide bonds. The molecule has 3 aliphatic rings. The van der Waals surface area contributed by atoms with Crippen LogP contribution in [0.25, 0.3) is 0 Å². The van der Waals surface area contributed by atoms with Crippen molar-refractivity contribution in [1.29, 1.82) is 0 Å². The Bertz CT molecular complexity index is 977. The molecule has 4 rings (SSSR count). The van der Waals surface area contributed by atoms with Gasteiger partial charge < -0.3 is 9.64 Å². The van der Waals surface area contributed by atoms with Crippen molar-refractivity contribution in [2.45, 2.75) is 85.2 Å². The van der Waals surface area contributed by atoms with Crippen LogP contribution >= 0.6 is 0 Å². The summed E-state index contributed by atoms with van der Waals surface area (Å²) in [5.74, 6) is -1.28. The largest absolute Gasteiger partial charge is 0.462 e. The molecule has 0 bridgehead atoms. The smallest absolute Gasteiger partial charge is 0.338 e. The Morgan fingerprint density at radius 2 is 1.59 bits per heavy atom. The zero-order valence-electron chi connectivity index (χ0n) is 20.9. The van der Waals surface area contributed by atoms with Gasteiger partial charge >= 0.3 is 5.97 Å². The molecule has 184 valence electrons. The Hall–Kier alpha value is -2.70. The minimum absolute atomic E-state index is 0.00568. The van der Waals surface area contributed by atoms with E-state index in [0.717, 1.165) is 32.1 Å². The Balaban J connectivity index is 1.61. The predicted octanol–water partition coefficient (Wildman–Crippen LogP) is 4.34. The van der Waals surface area contributed by atoms with E-state index >= 15 is 0 Å². The number of imide groups is 1. The third-order valence-corrected chi connectivity index (χ3v) is 8.59. The highest BCUT2D eigenvalue weighted by Crippen LogP contribution is 2.69. The molecule has 1 aliphatic heterocycles. The van der Waals surface area contributed by atoms with E-state index in [1.165, 1.54) is 4.90 Å². The number of benzene rings is 1. The molecule has 1 heterocycles. The van der Waals surface area contributed by atoms with E-state index in [1.807, 2.05) is 0 Å². The van der Waals surface area contributed by atoms with Gasteiger partial charge in [-0.3, -0.25) is 14.4 Å². The fourth-order valence-electron chi connectivity index (χ4n) is 5.98. The summed E-state index contributed by atoms with van der Waals surface area (Å²) in [5, 5.41) is 0. The topological polar surface area (TPSA) is 84.0 Å². The maximum Gasteiger partial charge on any atom is 0.338 e. The minimum atomic E-state index is -0.778. The number of carbonyl (C=O) groups is 4. The fourth-order valence-corrected chi connectivity index (χ4v) is 5.98. The number of esters is 1. The molecule has 1 saturated heterocycles. The van der Waals surface area contributed by atoms with E-state index in [4.69, 9.17) is 4.74 Å². The first-order valence-corrected chi connectivity index (χ1v) is 12.5. The predicted molar refractivity (Wildman–Crippen MR) is 128 cm³/mol. The Labute approximate surface area is 201 Å². The molecule has 7 nitrogen and oxygen atoms in total. The molecule has 3 fully saturated rings. The first-order valence-electron chi connectivity index (χ1n) is 12.5. The van der Waals surface area contributed by atoms with Crippen LogP contribution in [0.1, 0.15) is 83.5 Å². The van der Waals surface area contributed by atoms with Crippen LogP contribution in [0.4, 0.5) is 5.69 Å². The van der Waals surface area contributed by atoms with Gasteiger partial charge in [0.2, 0.25) is 11.8 Å². The summed E-state index contributed by atoms with van der Waals surface area (Å²) in [5.41, 5.74) is 0.475. The third-order valence-electron chi connectivity index (χ3n) is 8.59. The van der Waals surface area contributed by atoms with E-state index < -0.39 is 12.0 Å². The molecule has 2 saturated carbocycles. The van der Waals surface area contributed by atoms with Crippen molar-refractivity contribution < 1.29 is 23.9 Å². The van der Waals surface area contributed by atoms with Gasteiger partial charge in [0.25, 0.3) is 5.91 Å². The van der Waals surface area contributed by atoms with Crippen LogP contribution in [0, 0.1) is 16.7 Å². The monoisotopic (exact) mass is 468 g/mol. The lowest BCUT2D eigenvalue weighted by Gasteiger charge is -2.38. The lowest BCUT2D eigenvalue weighted by atomic mass is 9.92. The van der Waals surface area contributed by atoms with Gasteiger partial charge in [0.1, 0.15) is 6.04 Å². The number of rotatable bonds is 6. The van der Waals surface area contributed by atoms with Crippen molar-refractivity contribution in [3.63, 3.8) is 0 Å². The van der Waals surface area contributed by atoms with Crippen molar-refractivity contribution in [2.24, 2.45) is 16.7 Å². The molecule has 0 N–H and O–H groups in total. The summed E-state index contributed by atoms with van der Waals surface area (Å²) in [6, 6.07) is 5.50. The number of hydrogen-bond donors (Lipinski definition) is 0. The number of amides is 3. The van der Waals surface area contributed by atoms with Gasteiger partial charge in [-0.2, -0.15) is 0 Å². The van der Waals surface area contributed by atoms with Crippen molar-refractivity contribution >= 4 is 29.4 Å². The van der Waals surface area contributed by atoms with E-state index in [-0.39, 0.29) is 53.5 Å². The molecule has 0 spiro atoms. The SMILES string of the molecule is CCOC(=O)c1ccc(N2C(=O)CC(N(C(=O)C3C(C)(C)C3(C)C)C3CCCCC3)C2=O)cc1. The molecule has 1 aromatic rings. The summed E-state index contributed by atoms with van der Waals surface area (Å²) in [6.07, 6.45) is 4.92. The van der Waals surface area contributed by atoms with Gasteiger partial charge in [0, 0.05) is 12.0 Å². The molecule has 1 aromatic carbocycles. The summed E-state index contributed by atoms with van der Waals surface area (Å²) < 4.78 is 5.01. The van der Waals surface area contributed by atoms with E-state index in [0.29, 0.717) is 11.3 Å². The average molecular weight is 469 g/mol. The van der Waals surface area contributed by atoms with Gasteiger partial charge in [0.15, 0.2) is 0 Å². The zero-order chi connectivity index (χ0) is 24.8. The standard InChI is InChI=1S/C27H36N2O5/c1-6-34-25(33)17-12-14-19(15-13-17)29-21(30)16-20(23(29)31)28(18-10-8-7-9-11-18)24(32)22-26(2,3)27(22,4)5/h12-15,18,20,22H,6-11,16H2,1-5H3. The summed E-state index contributed by atoms with van der Waals surface area (Å²) in [7, 11) is 0. The van der Waals surface area contributed by atoms with Crippen molar-refractivity contribution in [1.82, 2.24) is 4.90 Å². The Kier molecular flexibility index (Phi) is 6.34. The van der Waals surface area contributed by atoms with Crippen molar-refractivity contribution in [2.75, 3.05) is 11.5 Å². The van der Waals surface area contributed by atoms with Gasteiger partial charge in [-0.25, -0.2) is 9.69 Å². The highest BCUT2D eigenvalue weighted by Gasteiger charge is 2.69. The van der Waals surface area contributed by atoms with Crippen LogP contribution in [0.5, 0.6) is 0 Å². The lowest BCUT2D eigenvalue weighted by Crippen LogP contribution is -2.52. The highest BCUT2D eigenvalue weighted by atomic mass is 16.5. The molecule has 34 heavy (non-hydrogen) atoms. The molecule has 0 radical (unpaired) electrons. The number of anilines is 1. The minimum Gasteiger partial charge on any atom is -0.462 e. The third kappa shape index (κ3) is 3.93. The van der Waals surface area contributed by atoms with E-state index in [9.17, 15) is 19.2 Å². The van der Waals surface area contributed by atoms with Crippen LogP contribution in [0.15, 0.2) is 24.3 Å². The van der Waals surface area contributed by atoms with Crippen LogP contribution in [-0.2, 0) is 19.1 Å². The second-order valence-corrected chi connectivity index (χ2v) is 11.0. The van der Waals surface area contributed by atoms with E-state index in [1.54, 1.807) is 36.1 Å². The van der Waals surface area contributed by atoms with Crippen molar-refractivity contribution in [3.8, 4) is 0 Å². The number of nitrogens with zero attached hydrogens (tertiary/aromatic N) is 2. The van der Waals surface area contributed by atoms with Gasteiger partial charge in [-0.15, -0.1) is 0 Å². The molecule has 2 aliphatic carbocycles. The van der Waals surface area contributed by atoms with Crippen LogP contribution < -0.4 is 4.90 Å². The van der Waals surface area contributed by atoms with Gasteiger partial charge in [-0.05, 0) is 54.9 Å². The molecular formula is C27H36N2O5. The lowest BCUT2D eigenvalue weighted by molar-refractivity contribution is -0.144. The fraction of sp³-hybridized carbons (Fsp3) is 0.630. The maximum atomic E-state index is 13.9. The second kappa shape index (κ2) is 8.82. The molecule has 0 aromatic heterocycles. The van der Waals surface area contributed by atoms with Crippen LogP contribution in [0.2, 0.25) is 0 Å². The number of ether oxygens (including phenoxy) is 1. The average Bonchev–Trinajstić information content (AvgIpc) is 3.03. The second-order valence-electron chi connectivity index (χ2n) is 11.0. The molecular weight excluding hydrogens is 432 g/mol. The summed E-state index contributed by atoms with van der Waals surface area (Å²) in [6.45, 7) is 10.4. The maximum absolute atomic E-state index is 13.9. The first-order chi connectivity index (χ1) is 16.0. The first kappa shape index (κ1) is 24.4. The van der Waals surface area contributed by atoms with E-state index in [2.05, 4.69) is 27.7 Å². The number of hydrogen-bond acceptors (Lipinski definition) is 5. The molecule has 1 unspecified atom stereocenters. The zero-order valence-corrected chi connectivity index (χ0v) is 20.9. The van der Waals surface area contributed by atoms with Crippen molar-refractivity contribution in [3.05, 3.63) is 29.8 Å². The molecule has 1 atom stereocenters.